The minimum atomic E-state index is -0.656. The molecule has 0 bridgehead atoms. The molecule has 1 atom stereocenters. The minimum Gasteiger partial charge on any atom is -0.488 e. The lowest BCUT2D eigenvalue weighted by atomic mass is 10.2. The zero-order chi connectivity index (χ0) is 10.8. The molecule has 1 aliphatic rings. The second-order valence-electron chi connectivity index (χ2n) is 3.41. The van der Waals surface area contributed by atoms with E-state index >= 15 is 0 Å². The van der Waals surface area contributed by atoms with E-state index in [1.54, 1.807) is 6.08 Å². The zero-order valence-electron chi connectivity index (χ0n) is 8.50. The Morgan fingerprint density at radius 3 is 2.88 bits per heavy atom. The Labute approximate surface area is 98.7 Å². The summed E-state index contributed by atoms with van der Waals surface area (Å²) in [5.41, 5.74) is 0.497. The molecule has 0 amide bonds. The van der Waals surface area contributed by atoms with E-state index in [4.69, 9.17) is 4.74 Å². The van der Waals surface area contributed by atoms with E-state index in [1.165, 1.54) is 6.07 Å². The van der Waals surface area contributed by atoms with E-state index < -0.39 is 11.6 Å². The lowest BCUT2D eigenvalue weighted by Crippen LogP contribution is -2.29. The summed E-state index contributed by atoms with van der Waals surface area (Å²) in [6.45, 7) is 4.30. The SMILES string of the molecule is C=C[C@@H]1COc2c(F)cc(F)cc2CN1.Cl. The van der Waals surface area contributed by atoms with Crippen LogP contribution in [0.4, 0.5) is 8.78 Å². The van der Waals surface area contributed by atoms with Crippen molar-refractivity contribution in [2.75, 3.05) is 6.61 Å². The Balaban J connectivity index is 0.00000128. The molecule has 88 valence electrons. The molecule has 2 rings (SSSR count). The summed E-state index contributed by atoms with van der Waals surface area (Å²) in [5.74, 6) is -1.11. The highest BCUT2D eigenvalue weighted by Gasteiger charge is 2.18. The van der Waals surface area contributed by atoms with Crippen molar-refractivity contribution in [3.63, 3.8) is 0 Å². The van der Waals surface area contributed by atoms with Crippen LogP contribution in [0.15, 0.2) is 24.8 Å². The third-order valence-electron chi connectivity index (χ3n) is 2.33. The summed E-state index contributed by atoms with van der Waals surface area (Å²) < 4.78 is 31.5. The van der Waals surface area contributed by atoms with Gasteiger partial charge in [0.15, 0.2) is 11.6 Å². The number of rotatable bonds is 1. The van der Waals surface area contributed by atoms with Gasteiger partial charge in [-0.1, -0.05) is 6.08 Å². The molecular weight excluding hydrogens is 236 g/mol. The molecule has 1 N–H and O–H groups in total. The average molecular weight is 248 g/mol. The number of ether oxygens (including phenoxy) is 1. The normalized spacial score (nSPS) is 18.8. The molecule has 0 saturated heterocycles. The maximum Gasteiger partial charge on any atom is 0.168 e. The van der Waals surface area contributed by atoms with Gasteiger partial charge in [-0.05, 0) is 6.07 Å². The van der Waals surface area contributed by atoms with Crippen LogP contribution >= 0.6 is 12.4 Å². The van der Waals surface area contributed by atoms with E-state index in [0.717, 1.165) is 6.07 Å². The van der Waals surface area contributed by atoms with Crippen molar-refractivity contribution in [2.24, 2.45) is 0 Å². The molecule has 2 nitrogen and oxygen atoms in total. The van der Waals surface area contributed by atoms with Crippen molar-refractivity contribution >= 4 is 12.4 Å². The van der Waals surface area contributed by atoms with Crippen LogP contribution in [0.3, 0.4) is 0 Å². The third kappa shape index (κ3) is 2.51. The first-order valence-corrected chi connectivity index (χ1v) is 4.67. The molecular formula is C11H12ClF2NO. The second kappa shape index (κ2) is 5.27. The average Bonchev–Trinajstić information content (AvgIpc) is 2.40. The standard InChI is InChI=1S/C11H11F2NO.ClH/c1-2-9-6-15-11-7(5-14-9)3-8(12)4-10(11)13;/h2-4,9,14H,1,5-6H2;1H/t9-;/m1./s1. The Kier molecular flexibility index (Phi) is 4.26. The summed E-state index contributed by atoms with van der Waals surface area (Å²) >= 11 is 0. The van der Waals surface area contributed by atoms with E-state index in [2.05, 4.69) is 11.9 Å². The maximum atomic E-state index is 13.3. The molecule has 5 heteroatoms. The fraction of sp³-hybridized carbons (Fsp3) is 0.273. The van der Waals surface area contributed by atoms with Crippen LogP contribution in [0.25, 0.3) is 0 Å². The minimum absolute atomic E-state index is 0. The van der Waals surface area contributed by atoms with Gasteiger partial charge in [0.05, 0.1) is 6.04 Å². The summed E-state index contributed by atoms with van der Waals surface area (Å²) in [7, 11) is 0. The van der Waals surface area contributed by atoms with E-state index in [-0.39, 0.29) is 24.2 Å². The Morgan fingerprint density at radius 2 is 2.19 bits per heavy atom. The lowest BCUT2D eigenvalue weighted by Gasteiger charge is -2.09. The summed E-state index contributed by atoms with van der Waals surface area (Å²) in [5, 5.41) is 3.07. The summed E-state index contributed by atoms with van der Waals surface area (Å²) in [4.78, 5) is 0. The van der Waals surface area contributed by atoms with E-state index in [1.807, 2.05) is 0 Å². The maximum absolute atomic E-state index is 13.3. The monoisotopic (exact) mass is 247 g/mol. The highest BCUT2D eigenvalue weighted by Crippen LogP contribution is 2.26. The first kappa shape index (κ1) is 12.9. The van der Waals surface area contributed by atoms with Crippen LogP contribution in [0.5, 0.6) is 5.75 Å². The second-order valence-corrected chi connectivity index (χ2v) is 3.41. The van der Waals surface area contributed by atoms with Crippen LogP contribution in [-0.2, 0) is 6.54 Å². The highest BCUT2D eigenvalue weighted by atomic mass is 35.5. The van der Waals surface area contributed by atoms with Crippen LogP contribution in [0, 0.1) is 11.6 Å². The van der Waals surface area contributed by atoms with E-state index in [9.17, 15) is 8.78 Å². The smallest absolute Gasteiger partial charge is 0.168 e. The molecule has 1 aromatic carbocycles. The molecule has 0 spiro atoms. The van der Waals surface area contributed by atoms with Gasteiger partial charge in [0.25, 0.3) is 0 Å². The van der Waals surface area contributed by atoms with Crippen LogP contribution in [0.2, 0.25) is 0 Å². The van der Waals surface area contributed by atoms with Crippen molar-refractivity contribution in [2.45, 2.75) is 12.6 Å². The summed E-state index contributed by atoms with van der Waals surface area (Å²) in [6.07, 6.45) is 1.68. The molecule has 0 unspecified atom stereocenters. The van der Waals surface area contributed by atoms with Gasteiger partial charge >= 0.3 is 0 Å². The predicted octanol–water partition coefficient (Wildman–Crippen LogP) is 2.42. The molecule has 1 aliphatic heterocycles. The van der Waals surface area contributed by atoms with Gasteiger partial charge in [0, 0.05) is 18.2 Å². The Morgan fingerprint density at radius 1 is 1.44 bits per heavy atom. The predicted molar refractivity (Wildman–Crippen MR) is 59.9 cm³/mol. The van der Waals surface area contributed by atoms with Crippen LogP contribution in [0.1, 0.15) is 5.56 Å². The quantitative estimate of drug-likeness (QED) is 0.770. The largest absolute Gasteiger partial charge is 0.488 e. The van der Waals surface area contributed by atoms with Gasteiger partial charge < -0.3 is 10.1 Å². The first-order valence-electron chi connectivity index (χ1n) is 4.67. The Hall–Kier alpha value is -1.13. The first-order chi connectivity index (χ1) is 7.20. The zero-order valence-corrected chi connectivity index (χ0v) is 9.32. The number of halogens is 3. The number of hydrogen-bond acceptors (Lipinski definition) is 2. The van der Waals surface area contributed by atoms with Crippen molar-refractivity contribution in [3.8, 4) is 5.75 Å². The Bertz CT molecular complexity index is 398. The van der Waals surface area contributed by atoms with Gasteiger partial charge in [0.2, 0.25) is 0 Å². The van der Waals surface area contributed by atoms with Gasteiger partial charge in [-0.25, -0.2) is 8.78 Å². The van der Waals surface area contributed by atoms with Crippen LogP contribution < -0.4 is 10.1 Å². The van der Waals surface area contributed by atoms with Crippen molar-refractivity contribution in [1.82, 2.24) is 5.32 Å². The molecule has 1 aromatic rings. The number of nitrogens with one attached hydrogen (secondary N) is 1. The van der Waals surface area contributed by atoms with Gasteiger partial charge in [-0.15, -0.1) is 19.0 Å². The van der Waals surface area contributed by atoms with Crippen molar-refractivity contribution in [3.05, 3.63) is 42.0 Å². The molecule has 0 radical (unpaired) electrons. The van der Waals surface area contributed by atoms with Gasteiger partial charge in [0.1, 0.15) is 12.4 Å². The van der Waals surface area contributed by atoms with Crippen molar-refractivity contribution in [1.29, 1.82) is 0 Å². The molecule has 16 heavy (non-hydrogen) atoms. The third-order valence-corrected chi connectivity index (χ3v) is 2.33. The molecule has 0 saturated carbocycles. The van der Waals surface area contributed by atoms with Gasteiger partial charge in [-0.3, -0.25) is 0 Å². The number of hydrogen-bond donors (Lipinski definition) is 1. The van der Waals surface area contributed by atoms with E-state index in [0.29, 0.717) is 18.7 Å². The lowest BCUT2D eigenvalue weighted by molar-refractivity contribution is 0.286. The molecule has 0 aromatic heterocycles. The fourth-order valence-electron chi connectivity index (χ4n) is 1.53. The fourth-order valence-corrected chi connectivity index (χ4v) is 1.53. The van der Waals surface area contributed by atoms with Crippen LogP contribution in [-0.4, -0.2) is 12.6 Å². The molecule has 0 aliphatic carbocycles. The highest BCUT2D eigenvalue weighted by molar-refractivity contribution is 5.85. The topological polar surface area (TPSA) is 21.3 Å². The van der Waals surface area contributed by atoms with Crippen molar-refractivity contribution < 1.29 is 13.5 Å². The van der Waals surface area contributed by atoms with Gasteiger partial charge in [-0.2, -0.15) is 0 Å². The number of benzene rings is 1. The number of fused-ring (bicyclic) bond motifs is 1. The molecule has 1 heterocycles. The summed E-state index contributed by atoms with van der Waals surface area (Å²) in [6, 6.07) is 2.06. The molecule has 0 fully saturated rings.